The standard InChI is InChI=1S/C24H30N4O/c1-2-4-20(5-3-1)17-27-10-11-28(22-6-7-24-21(15-22)16-25-26-24)23(18-27)14-19-8-12-29-13-9-19/h1-7,15-16,19,23H,8-14,17-18H2,(H,25,26). The van der Waals surface area contributed by atoms with Crippen molar-refractivity contribution in [2.24, 2.45) is 5.92 Å². The van der Waals surface area contributed by atoms with E-state index in [2.05, 4.69) is 68.5 Å². The van der Waals surface area contributed by atoms with Gasteiger partial charge in [0.05, 0.1) is 11.7 Å². The van der Waals surface area contributed by atoms with Gasteiger partial charge in [-0.05, 0) is 48.9 Å². The van der Waals surface area contributed by atoms with Crippen molar-refractivity contribution in [2.45, 2.75) is 31.8 Å². The fraction of sp³-hybridized carbons (Fsp3) is 0.458. The number of nitrogens with zero attached hydrogens (tertiary/aromatic N) is 3. The van der Waals surface area contributed by atoms with Crippen LogP contribution in [0, 0.1) is 5.92 Å². The fourth-order valence-corrected chi connectivity index (χ4v) is 4.92. The van der Waals surface area contributed by atoms with Gasteiger partial charge in [-0.3, -0.25) is 10.00 Å². The predicted molar refractivity (Wildman–Crippen MR) is 117 cm³/mol. The number of nitrogens with one attached hydrogen (secondary N) is 1. The first kappa shape index (κ1) is 18.6. The third-order valence-electron chi connectivity index (χ3n) is 6.52. The first-order valence-corrected chi connectivity index (χ1v) is 10.9. The van der Waals surface area contributed by atoms with E-state index in [9.17, 15) is 0 Å². The number of fused-ring (bicyclic) bond motifs is 1. The SMILES string of the molecule is c1ccc(CN2CCN(c3ccc4[nH]ncc4c3)C(CC3CCOCC3)C2)cc1. The van der Waals surface area contributed by atoms with Crippen molar-refractivity contribution in [2.75, 3.05) is 37.7 Å². The number of ether oxygens (including phenoxy) is 1. The number of hydrogen-bond acceptors (Lipinski definition) is 4. The quantitative estimate of drug-likeness (QED) is 0.713. The van der Waals surface area contributed by atoms with Gasteiger partial charge in [0.15, 0.2) is 0 Å². The van der Waals surface area contributed by atoms with Gasteiger partial charge in [0.2, 0.25) is 0 Å². The topological polar surface area (TPSA) is 44.4 Å². The molecule has 0 aliphatic carbocycles. The summed E-state index contributed by atoms with van der Waals surface area (Å²) in [7, 11) is 0. The number of aromatic amines is 1. The minimum atomic E-state index is 0.542. The largest absolute Gasteiger partial charge is 0.381 e. The van der Waals surface area contributed by atoms with Crippen LogP contribution in [0.3, 0.4) is 0 Å². The van der Waals surface area contributed by atoms with Crippen molar-refractivity contribution in [3.63, 3.8) is 0 Å². The van der Waals surface area contributed by atoms with E-state index < -0.39 is 0 Å². The van der Waals surface area contributed by atoms with E-state index in [-0.39, 0.29) is 0 Å². The van der Waals surface area contributed by atoms with Gasteiger partial charge in [0.25, 0.3) is 0 Å². The maximum atomic E-state index is 5.61. The number of benzene rings is 2. The van der Waals surface area contributed by atoms with E-state index >= 15 is 0 Å². The smallest absolute Gasteiger partial charge is 0.0651 e. The molecule has 1 aromatic heterocycles. The third kappa shape index (κ3) is 4.31. The molecule has 0 amide bonds. The average Bonchev–Trinajstić information content (AvgIpc) is 3.23. The van der Waals surface area contributed by atoms with Crippen molar-refractivity contribution in [3.05, 3.63) is 60.3 Å². The second-order valence-electron chi connectivity index (χ2n) is 8.50. The lowest BCUT2D eigenvalue weighted by molar-refractivity contribution is 0.0583. The van der Waals surface area contributed by atoms with Gasteiger partial charge in [-0.1, -0.05) is 30.3 Å². The minimum Gasteiger partial charge on any atom is -0.381 e. The highest BCUT2D eigenvalue weighted by molar-refractivity contribution is 5.82. The predicted octanol–water partition coefficient (Wildman–Crippen LogP) is 4.07. The molecule has 3 aromatic rings. The summed E-state index contributed by atoms with van der Waals surface area (Å²) < 4.78 is 5.61. The van der Waals surface area contributed by atoms with E-state index in [4.69, 9.17) is 4.74 Å². The van der Waals surface area contributed by atoms with Crippen LogP contribution in [0.1, 0.15) is 24.8 Å². The number of piperazine rings is 1. The Morgan fingerprint density at radius 3 is 2.76 bits per heavy atom. The van der Waals surface area contributed by atoms with Crippen molar-refractivity contribution in [3.8, 4) is 0 Å². The monoisotopic (exact) mass is 390 g/mol. The molecule has 0 spiro atoms. The van der Waals surface area contributed by atoms with Crippen LogP contribution in [0.4, 0.5) is 5.69 Å². The second kappa shape index (κ2) is 8.56. The molecule has 1 N–H and O–H groups in total. The van der Waals surface area contributed by atoms with E-state index in [0.29, 0.717) is 6.04 Å². The van der Waals surface area contributed by atoms with Crippen molar-refractivity contribution in [1.29, 1.82) is 0 Å². The Morgan fingerprint density at radius 2 is 1.90 bits per heavy atom. The molecule has 2 saturated heterocycles. The molecule has 1 unspecified atom stereocenters. The molecule has 0 bridgehead atoms. The average molecular weight is 391 g/mol. The summed E-state index contributed by atoms with van der Waals surface area (Å²) in [6, 6.07) is 18.1. The summed E-state index contributed by atoms with van der Waals surface area (Å²) in [6.07, 6.45) is 5.57. The van der Waals surface area contributed by atoms with Crippen LogP contribution in [0.5, 0.6) is 0 Å². The first-order chi connectivity index (χ1) is 14.3. The molecule has 2 aliphatic rings. The van der Waals surface area contributed by atoms with E-state index in [1.165, 1.54) is 35.9 Å². The van der Waals surface area contributed by atoms with Crippen LogP contribution < -0.4 is 4.90 Å². The summed E-state index contributed by atoms with van der Waals surface area (Å²) in [5.41, 5.74) is 3.85. The zero-order valence-electron chi connectivity index (χ0n) is 17.0. The number of aromatic nitrogens is 2. The van der Waals surface area contributed by atoms with E-state index in [1.807, 2.05) is 6.20 Å². The summed E-state index contributed by atoms with van der Waals surface area (Å²) in [5.74, 6) is 0.769. The van der Waals surface area contributed by atoms with Gasteiger partial charge >= 0.3 is 0 Å². The van der Waals surface area contributed by atoms with Gasteiger partial charge in [-0.15, -0.1) is 0 Å². The Morgan fingerprint density at radius 1 is 1.03 bits per heavy atom. The lowest BCUT2D eigenvalue weighted by Crippen LogP contribution is -2.53. The van der Waals surface area contributed by atoms with Crippen LogP contribution in [-0.4, -0.2) is 54.0 Å². The number of anilines is 1. The van der Waals surface area contributed by atoms with Crippen molar-refractivity contribution < 1.29 is 4.74 Å². The molecule has 0 saturated carbocycles. The minimum absolute atomic E-state index is 0.542. The molecule has 2 aliphatic heterocycles. The van der Waals surface area contributed by atoms with Crippen LogP contribution >= 0.6 is 0 Å². The summed E-state index contributed by atoms with van der Waals surface area (Å²) >= 11 is 0. The zero-order valence-corrected chi connectivity index (χ0v) is 17.0. The lowest BCUT2D eigenvalue weighted by Gasteiger charge is -2.44. The number of hydrogen-bond donors (Lipinski definition) is 1. The molecule has 5 nitrogen and oxygen atoms in total. The second-order valence-corrected chi connectivity index (χ2v) is 8.50. The first-order valence-electron chi connectivity index (χ1n) is 10.9. The number of H-pyrrole nitrogens is 1. The Hall–Kier alpha value is -2.37. The van der Waals surface area contributed by atoms with Crippen LogP contribution in [0.2, 0.25) is 0 Å². The van der Waals surface area contributed by atoms with E-state index in [0.717, 1.165) is 50.8 Å². The highest BCUT2D eigenvalue weighted by atomic mass is 16.5. The van der Waals surface area contributed by atoms with E-state index in [1.54, 1.807) is 0 Å². The van der Waals surface area contributed by atoms with Crippen LogP contribution in [-0.2, 0) is 11.3 Å². The maximum Gasteiger partial charge on any atom is 0.0651 e. The van der Waals surface area contributed by atoms with Gasteiger partial charge in [-0.25, -0.2) is 0 Å². The Bertz CT molecular complexity index is 919. The Balaban J connectivity index is 1.35. The molecule has 29 heavy (non-hydrogen) atoms. The maximum absolute atomic E-state index is 5.61. The van der Waals surface area contributed by atoms with Crippen LogP contribution in [0.25, 0.3) is 10.9 Å². The van der Waals surface area contributed by atoms with Gasteiger partial charge in [0, 0.05) is 56.5 Å². The van der Waals surface area contributed by atoms with Crippen LogP contribution in [0.15, 0.2) is 54.7 Å². The molecular weight excluding hydrogens is 360 g/mol. The molecule has 3 heterocycles. The number of rotatable bonds is 5. The molecule has 5 rings (SSSR count). The summed E-state index contributed by atoms with van der Waals surface area (Å²) in [6.45, 7) is 6.18. The molecule has 0 radical (unpaired) electrons. The van der Waals surface area contributed by atoms with Crippen molar-refractivity contribution in [1.82, 2.24) is 15.1 Å². The molecule has 152 valence electrons. The highest BCUT2D eigenvalue weighted by Crippen LogP contribution is 2.30. The molecule has 2 aromatic carbocycles. The van der Waals surface area contributed by atoms with Gasteiger partial charge < -0.3 is 9.64 Å². The Labute approximate surface area is 172 Å². The van der Waals surface area contributed by atoms with Gasteiger partial charge in [-0.2, -0.15) is 5.10 Å². The third-order valence-corrected chi connectivity index (χ3v) is 6.52. The van der Waals surface area contributed by atoms with Gasteiger partial charge in [0.1, 0.15) is 0 Å². The van der Waals surface area contributed by atoms with Crippen molar-refractivity contribution >= 4 is 16.6 Å². The summed E-state index contributed by atoms with van der Waals surface area (Å²) in [5, 5.41) is 8.46. The molecule has 5 heteroatoms. The highest BCUT2D eigenvalue weighted by Gasteiger charge is 2.30. The summed E-state index contributed by atoms with van der Waals surface area (Å²) in [4.78, 5) is 5.27. The molecule has 2 fully saturated rings. The fourth-order valence-electron chi connectivity index (χ4n) is 4.92. The normalized spacial score (nSPS) is 21.7. The lowest BCUT2D eigenvalue weighted by atomic mass is 9.90. The zero-order chi connectivity index (χ0) is 19.5. The molecular formula is C24H30N4O. The molecule has 1 atom stereocenters. The Kier molecular flexibility index (Phi) is 5.50.